The Morgan fingerprint density at radius 1 is 1.29 bits per heavy atom. The van der Waals surface area contributed by atoms with Gasteiger partial charge in [-0.2, -0.15) is 0 Å². The SMILES string of the molecule is CCN(CC)C(C)CNC(=NC)NCCC1=CCCCC1. The molecular weight excluding hydrogens is 260 g/mol. The van der Waals surface area contributed by atoms with Crippen LogP contribution in [-0.4, -0.2) is 50.1 Å². The Hall–Kier alpha value is -1.03. The van der Waals surface area contributed by atoms with Crippen LogP contribution in [0.4, 0.5) is 0 Å². The summed E-state index contributed by atoms with van der Waals surface area (Å²) < 4.78 is 0. The third-order valence-corrected chi connectivity index (χ3v) is 4.35. The van der Waals surface area contributed by atoms with Gasteiger partial charge in [0.05, 0.1) is 0 Å². The molecule has 0 aromatic heterocycles. The van der Waals surface area contributed by atoms with Crippen LogP contribution in [0.5, 0.6) is 0 Å². The monoisotopic (exact) mass is 294 g/mol. The first-order valence-electron chi connectivity index (χ1n) is 8.57. The number of nitrogens with one attached hydrogen (secondary N) is 2. The molecule has 122 valence electrons. The number of allylic oxidation sites excluding steroid dienone is 1. The van der Waals surface area contributed by atoms with E-state index < -0.39 is 0 Å². The average molecular weight is 294 g/mol. The van der Waals surface area contributed by atoms with E-state index in [-0.39, 0.29) is 0 Å². The molecule has 1 aliphatic rings. The molecule has 1 rings (SSSR count). The summed E-state index contributed by atoms with van der Waals surface area (Å²) >= 11 is 0. The molecule has 1 atom stereocenters. The lowest BCUT2D eigenvalue weighted by molar-refractivity contribution is 0.231. The lowest BCUT2D eigenvalue weighted by Gasteiger charge is -2.27. The van der Waals surface area contributed by atoms with E-state index in [1.165, 1.54) is 25.7 Å². The molecule has 0 amide bonds. The summed E-state index contributed by atoms with van der Waals surface area (Å²) in [4.78, 5) is 6.76. The lowest BCUT2D eigenvalue weighted by atomic mass is 9.97. The van der Waals surface area contributed by atoms with Gasteiger partial charge in [-0.25, -0.2) is 0 Å². The summed E-state index contributed by atoms with van der Waals surface area (Å²) in [6.07, 6.45) is 8.84. The van der Waals surface area contributed by atoms with Crippen LogP contribution in [0.1, 0.15) is 52.9 Å². The molecule has 0 aromatic rings. The minimum Gasteiger partial charge on any atom is -0.356 e. The van der Waals surface area contributed by atoms with Crippen LogP contribution >= 0.6 is 0 Å². The van der Waals surface area contributed by atoms with Crippen LogP contribution < -0.4 is 10.6 Å². The largest absolute Gasteiger partial charge is 0.356 e. The van der Waals surface area contributed by atoms with Crippen LogP contribution in [0.25, 0.3) is 0 Å². The van der Waals surface area contributed by atoms with Crippen LogP contribution in [0.2, 0.25) is 0 Å². The van der Waals surface area contributed by atoms with Crippen molar-refractivity contribution in [1.29, 1.82) is 0 Å². The summed E-state index contributed by atoms with van der Waals surface area (Å²) in [6.45, 7) is 10.8. The Bertz CT molecular complexity index is 332. The second-order valence-corrected chi connectivity index (χ2v) is 5.81. The van der Waals surface area contributed by atoms with Crippen molar-refractivity contribution in [3.63, 3.8) is 0 Å². The van der Waals surface area contributed by atoms with Crippen LogP contribution in [0, 0.1) is 0 Å². The Kier molecular flexibility index (Phi) is 9.15. The highest BCUT2D eigenvalue weighted by Gasteiger charge is 2.10. The molecule has 0 bridgehead atoms. The van der Waals surface area contributed by atoms with Crippen molar-refractivity contribution in [3.05, 3.63) is 11.6 Å². The number of rotatable bonds is 8. The third-order valence-electron chi connectivity index (χ3n) is 4.35. The second kappa shape index (κ2) is 10.7. The fourth-order valence-electron chi connectivity index (χ4n) is 2.91. The molecule has 21 heavy (non-hydrogen) atoms. The molecule has 0 saturated heterocycles. The quantitative estimate of drug-likeness (QED) is 0.411. The maximum absolute atomic E-state index is 4.31. The molecule has 1 aliphatic carbocycles. The number of hydrogen-bond donors (Lipinski definition) is 2. The van der Waals surface area contributed by atoms with E-state index in [2.05, 4.69) is 47.4 Å². The zero-order valence-electron chi connectivity index (χ0n) is 14.4. The van der Waals surface area contributed by atoms with Crippen molar-refractivity contribution < 1.29 is 0 Å². The number of likely N-dealkylation sites (N-methyl/N-ethyl adjacent to an activating group) is 1. The molecule has 0 fully saturated rings. The number of aliphatic imine (C=N–C) groups is 1. The zero-order valence-corrected chi connectivity index (χ0v) is 14.4. The summed E-state index contributed by atoms with van der Waals surface area (Å²) in [5, 5.41) is 6.86. The number of nitrogens with zero attached hydrogens (tertiary/aromatic N) is 2. The van der Waals surface area contributed by atoms with Gasteiger partial charge < -0.3 is 10.6 Å². The summed E-state index contributed by atoms with van der Waals surface area (Å²) in [5.74, 6) is 0.922. The molecule has 0 radical (unpaired) electrons. The maximum atomic E-state index is 4.31. The highest BCUT2D eigenvalue weighted by Crippen LogP contribution is 2.19. The van der Waals surface area contributed by atoms with Gasteiger partial charge in [0.1, 0.15) is 0 Å². The predicted octanol–water partition coefficient (Wildman–Crippen LogP) is 2.77. The van der Waals surface area contributed by atoms with Crippen LogP contribution in [0.15, 0.2) is 16.6 Å². The highest BCUT2D eigenvalue weighted by atomic mass is 15.2. The minimum absolute atomic E-state index is 0.527. The molecule has 0 aromatic carbocycles. The van der Waals surface area contributed by atoms with E-state index in [1.807, 2.05) is 7.05 Å². The summed E-state index contributed by atoms with van der Waals surface area (Å²) in [6, 6.07) is 0.527. The molecule has 4 nitrogen and oxygen atoms in total. The number of guanidine groups is 1. The first kappa shape index (κ1) is 18.0. The van der Waals surface area contributed by atoms with E-state index in [0.717, 1.165) is 38.6 Å². The molecular formula is C17H34N4. The van der Waals surface area contributed by atoms with Gasteiger partial charge in [-0.1, -0.05) is 25.5 Å². The van der Waals surface area contributed by atoms with Crippen molar-refractivity contribution in [2.75, 3.05) is 33.2 Å². The second-order valence-electron chi connectivity index (χ2n) is 5.81. The van der Waals surface area contributed by atoms with E-state index in [9.17, 15) is 0 Å². The standard InChI is InChI=1S/C17H34N4/c1-5-21(6-2)15(3)14-20-17(18-4)19-13-12-16-10-8-7-9-11-16/h10,15H,5-9,11-14H2,1-4H3,(H2,18,19,20). The normalized spacial score (nSPS) is 17.6. The van der Waals surface area contributed by atoms with Gasteiger partial charge >= 0.3 is 0 Å². The highest BCUT2D eigenvalue weighted by molar-refractivity contribution is 5.79. The van der Waals surface area contributed by atoms with Crippen molar-refractivity contribution in [2.24, 2.45) is 4.99 Å². The van der Waals surface area contributed by atoms with E-state index in [4.69, 9.17) is 0 Å². The van der Waals surface area contributed by atoms with E-state index in [1.54, 1.807) is 5.57 Å². The fraction of sp³-hybridized carbons (Fsp3) is 0.824. The molecule has 0 heterocycles. The smallest absolute Gasteiger partial charge is 0.191 e. The summed E-state index contributed by atoms with van der Waals surface area (Å²) in [5.41, 5.74) is 1.61. The van der Waals surface area contributed by atoms with Gasteiger partial charge in [0.25, 0.3) is 0 Å². The molecule has 2 N–H and O–H groups in total. The van der Waals surface area contributed by atoms with Gasteiger partial charge in [0.2, 0.25) is 0 Å². The van der Waals surface area contributed by atoms with Gasteiger partial charge in [-0.3, -0.25) is 9.89 Å². The zero-order chi connectivity index (χ0) is 15.5. The van der Waals surface area contributed by atoms with Crippen molar-refractivity contribution in [3.8, 4) is 0 Å². The van der Waals surface area contributed by atoms with Crippen molar-refractivity contribution in [2.45, 2.75) is 58.9 Å². The van der Waals surface area contributed by atoms with Gasteiger partial charge in [-0.15, -0.1) is 0 Å². The first-order chi connectivity index (χ1) is 10.2. The molecule has 4 heteroatoms. The van der Waals surface area contributed by atoms with Gasteiger partial charge in [0.15, 0.2) is 5.96 Å². The maximum Gasteiger partial charge on any atom is 0.191 e. The fourth-order valence-corrected chi connectivity index (χ4v) is 2.91. The average Bonchev–Trinajstić information content (AvgIpc) is 2.52. The Balaban J connectivity index is 2.24. The Morgan fingerprint density at radius 3 is 2.62 bits per heavy atom. The molecule has 0 aliphatic heterocycles. The van der Waals surface area contributed by atoms with Crippen LogP contribution in [0.3, 0.4) is 0 Å². The molecule has 1 unspecified atom stereocenters. The van der Waals surface area contributed by atoms with Gasteiger partial charge in [0, 0.05) is 26.2 Å². The Morgan fingerprint density at radius 2 is 2.05 bits per heavy atom. The van der Waals surface area contributed by atoms with Crippen molar-refractivity contribution in [1.82, 2.24) is 15.5 Å². The molecule has 0 saturated carbocycles. The van der Waals surface area contributed by atoms with Crippen molar-refractivity contribution >= 4 is 5.96 Å². The number of hydrogen-bond acceptors (Lipinski definition) is 2. The minimum atomic E-state index is 0.527. The Labute approximate surface area is 131 Å². The van der Waals surface area contributed by atoms with Gasteiger partial charge in [-0.05, 0) is 52.1 Å². The topological polar surface area (TPSA) is 39.7 Å². The first-order valence-corrected chi connectivity index (χ1v) is 8.57. The van der Waals surface area contributed by atoms with E-state index >= 15 is 0 Å². The lowest BCUT2D eigenvalue weighted by Crippen LogP contribution is -2.46. The van der Waals surface area contributed by atoms with Crippen LogP contribution in [-0.2, 0) is 0 Å². The third kappa shape index (κ3) is 6.98. The van der Waals surface area contributed by atoms with E-state index in [0.29, 0.717) is 6.04 Å². The predicted molar refractivity (Wildman–Crippen MR) is 92.9 cm³/mol. The summed E-state index contributed by atoms with van der Waals surface area (Å²) in [7, 11) is 1.84. The molecule has 0 spiro atoms.